The molecule has 34 nitrogen and oxygen atoms in total. The quantitative estimate of drug-likeness (QED) is 0.0106. The average molecular weight is 2060 g/mol. The first kappa shape index (κ1) is 118. The normalized spacial score (nSPS) is 11.8. The number of hydrogen-bond donors (Lipinski definition) is 7. The summed E-state index contributed by atoms with van der Waals surface area (Å²) in [5, 5.41) is 20.8. The largest absolute Gasteiger partial charge is 0.497 e. The highest BCUT2D eigenvalue weighted by Gasteiger charge is 2.30. The van der Waals surface area contributed by atoms with E-state index in [-0.39, 0.29) is 70.3 Å². The zero-order valence-electron chi connectivity index (χ0n) is 90.0. The zero-order chi connectivity index (χ0) is 109. The van der Waals surface area contributed by atoms with Gasteiger partial charge in [0.15, 0.2) is 52.0 Å². The monoisotopic (exact) mass is 2060 g/mol. The molecule has 0 aliphatic carbocycles. The molecule has 0 amide bonds. The van der Waals surface area contributed by atoms with Crippen molar-refractivity contribution < 1.29 is 100.0 Å². The molecule has 0 atom stereocenters. The van der Waals surface area contributed by atoms with Crippen LogP contribution in [0.1, 0.15) is 233 Å². The van der Waals surface area contributed by atoms with Gasteiger partial charge in [0.2, 0.25) is 0 Å². The Bertz CT molecular complexity index is 6740. The van der Waals surface area contributed by atoms with Crippen LogP contribution < -0.4 is 20.9 Å². The number of fused-ring (bicyclic) bond motifs is 5. The number of methoxy groups -OCH3 is 2. The van der Waals surface area contributed by atoms with E-state index in [0.717, 1.165) is 93.8 Å². The molecule has 804 valence electrons. The Morgan fingerprint density at radius 3 is 0.953 bits per heavy atom. The molecule has 0 bridgehead atoms. The molecular formula is C116H149N13O21. The topological polar surface area (TPSA) is 457 Å². The highest BCUT2D eigenvalue weighted by atomic mass is 16.6. The van der Waals surface area contributed by atoms with Crippen LogP contribution in [0.25, 0.3) is 54.5 Å². The van der Waals surface area contributed by atoms with Gasteiger partial charge in [0.1, 0.15) is 29.5 Å². The molecule has 0 radical (unpaired) electrons. The molecular weight excluding hydrogens is 1910 g/mol. The third kappa shape index (κ3) is 38.2. The fourth-order valence-electron chi connectivity index (χ4n) is 15.1. The van der Waals surface area contributed by atoms with Crippen LogP contribution in [0.3, 0.4) is 0 Å². The lowest BCUT2D eigenvalue weighted by atomic mass is 9.89. The summed E-state index contributed by atoms with van der Waals surface area (Å²) in [4.78, 5) is 128. The molecule has 0 saturated heterocycles. The zero-order valence-corrected chi connectivity index (χ0v) is 90.0. The first-order chi connectivity index (χ1) is 71.4. The molecule has 0 unspecified atom stereocenters. The number of nitrogens with one attached hydrogen (secondary N) is 5. The van der Waals surface area contributed by atoms with Crippen molar-refractivity contribution >= 4 is 112 Å². The number of benzene rings is 7. The maximum atomic E-state index is 12.8. The van der Waals surface area contributed by atoms with Crippen molar-refractivity contribution in [3.05, 3.63) is 255 Å². The number of rotatable bonds is 53. The van der Waals surface area contributed by atoms with E-state index in [1.807, 2.05) is 256 Å². The van der Waals surface area contributed by atoms with Crippen LogP contribution in [-0.2, 0) is 79.7 Å². The number of ketones is 9. The van der Waals surface area contributed by atoms with E-state index in [1.165, 1.54) is 0 Å². The minimum Gasteiger partial charge on any atom is -0.497 e. The van der Waals surface area contributed by atoms with Gasteiger partial charge in [-0.25, -0.2) is 9.36 Å². The highest BCUT2D eigenvalue weighted by Crippen LogP contribution is 2.33. The van der Waals surface area contributed by atoms with E-state index in [9.17, 15) is 43.2 Å². The fourth-order valence-corrected chi connectivity index (χ4v) is 15.1. The average Bonchev–Trinajstić information content (AvgIpc) is 1.76. The van der Waals surface area contributed by atoms with Crippen molar-refractivity contribution in [2.45, 2.75) is 156 Å². The highest BCUT2D eigenvalue weighted by molar-refractivity contribution is 6.07. The maximum Gasteiger partial charge on any atom is 0.189 e. The van der Waals surface area contributed by atoms with Crippen molar-refractivity contribution in [3.8, 4) is 11.5 Å². The third-order valence-corrected chi connectivity index (χ3v) is 23.5. The number of H-pyrrole nitrogens is 5. The van der Waals surface area contributed by atoms with Crippen LogP contribution in [0.5, 0.6) is 11.5 Å². The number of nitrogens with two attached hydrogens (primary N) is 2. The Kier molecular flexibility index (Phi) is 45.4. The van der Waals surface area contributed by atoms with Crippen LogP contribution >= 0.6 is 0 Å². The lowest BCUT2D eigenvalue weighted by Gasteiger charge is -2.14. The van der Waals surface area contributed by atoms with Gasteiger partial charge in [-0.05, 0) is 157 Å². The summed E-state index contributed by atoms with van der Waals surface area (Å²) in [6, 6.07) is 52.6. The standard InChI is InChI=1S/C33H41N5O6.C25H35N5O5.C22H33NO6.C22H23NO2.C14H17NO2/c1-33(2,3)32(41)28-21-25-19-23(6-11-27(25)35-28)20-31(40)29-22-38(37-36-29)12-14-43-16-18-44-17-15-42-13-4-5-30(39)24-7-9-26(34)10-8-24;1-25(2,3)24(32)21-16-19-14-18(4-5-20(19)27-21)15-23(31)22-17-30(29-28-22)7-9-34-11-13-35-12-10-33-8-6-26;1-22(2,3)21(24)20-16-17-15-18(5-6-19(17)23-20)29-14-13-28-12-11-27-10-9-26-8-7-25-4;1-14-5-8-16(9-6-14)20(24)12-15-7-10-18-17(11-15)13-19(23-18)21(25)22(2,3)4;1-14(2,3)13(16)12-8-9-7-10(17-4)5-6-11(9)15-12/h6-11,19,21-22,35H,4-5,12-18,20,34H2,1-3H3;4-5,14,16-17,27H,6-13,15,26H2,1-3H3;5-6,15-16,23H,7-14H2,1-4H3;5-11,13,23H,12H2,1-4H3;5-8,15H,1-4H3. The number of ether oxygens (including phenoxy) is 12. The van der Waals surface area contributed by atoms with Crippen LogP contribution in [0, 0.1) is 34.0 Å². The van der Waals surface area contributed by atoms with Crippen LogP contribution in [0.4, 0.5) is 5.69 Å². The van der Waals surface area contributed by atoms with Gasteiger partial charge >= 0.3 is 0 Å². The summed E-state index contributed by atoms with van der Waals surface area (Å²) in [7, 11) is 3.28. The van der Waals surface area contributed by atoms with Crippen molar-refractivity contribution in [2.75, 3.05) is 159 Å². The summed E-state index contributed by atoms with van der Waals surface area (Å²) < 4.78 is 67.9. The number of nitrogens with zero attached hydrogens (tertiary/aromatic N) is 6. The van der Waals surface area contributed by atoms with Crippen molar-refractivity contribution in [2.24, 2.45) is 32.8 Å². The van der Waals surface area contributed by atoms with E-state index in [1.54, 1.807) is 60.2 Å². The van der Waals surface area contributed by atoms with Crippen LogP contribution in [0.15, 0.2) is 182 Å². The second kappa shape index (κ2) is 57.5. The van der Waals surface area contributed by atoms with Gasteiger partial charge < -0.3 is 93.2 Å². The summed E-state index contributed by atoms with van der Waals surface area (Å²) >= 11 is 0. The predicted octanol–water partition coefficient (Wildman–Crippen LogP) is 19.1. The first-order valence-corrected chi connectivity index (χ1v) is 50.7. The molecule has 7 aromatic heterocycles. The second-order valence-corrected chi connectivity index (χ2v) is 41.5. The van der Waals surface area contributed by atoms with Gasteiger partial charge in [-0.15, -0.1) is 10.2 Å². The SMILES string of the molecule is CC(C)(C)C(=O)c1cc2cc(CC(=O)c3cn(CCOCCOCCOCCCC(=O)c4ccc(N)cc4)nn3)ccc2[nH]1.CC(C)(C)C(=O)c1cc2cc(CC(=O)c3cn(CCOCCOCCOCCN)nn3)ccc2[nH]1.COCCOCCOCCOCCOc1ccc2[nH]c(C(=O)C(C)(C)C)cc2c1.COc1ccc2[nH]c(C(=O)C(C)(C)C)cc2c1.Cc1ccc(C(=O)Cc2ccc3[nH]c(C(=O)C(C)(C)C)cc3c2)cc1. The lowest BCUT2D eigenvalue weighted by molar-refractivity contribution is 0.000169. The molecule has 7 heterocycles. The van der Waals surface area contributed by atoms with Crippen LogP contribution in [-0.4, -0.2) is 260 Å². The summed E-state index contributed by atoms with van der Waals surface area (Å²) in [5.41, 5.74) is 22.8. The van der Waals surface area contributed by atoms with Gasteiger partial charge in [0, 0.05) is 144 Å². The third-order valence-electron chi connectivity index (χ3n) is 23.5. The Balaban J connectivity index is 0.000000197. The van der Waals surface area contributed by atoms with Gasteiger partial charge in [0.05, 0.1) is 180 Å². The molecule has 0 aliphatic heterocycles. The smallest absolute Gasteiger partial charge is 0.189 e. The van der Waals surface area contributed by atoms with Crippen molar-refractivity contribution in [3.63, 3.8) is 0 Å². The number of anilines is 1. The maximum absolute atomic E-state index is 12.8. The minimum atomic E-state index is -0.481. The Labute approximate surface area is 876 Å². The van der Waals surface area contributed by atoms with E-state index in [4.69, 9.17) is 68.3 Å². The Hall–Kier alpha value is -13.5. The molecule has 9 N–H and O–H groups in total. The van der Waals surface area contributed by atoms with Crippen molar-refractivity contribution in [1.29, 1.82) is 0 Å². The molecule has 150 heavy (non-hydrogen) atoms. The predicted molar refractivity (Wildman–Crippen MR) is 581 cm³/mol. The van der Waals surface area contributed by atoms with Crippen molar-refractivity contribution in [1.82, 2.24) is 54.9 Å². The Morgan fingerprint density at radius 2 is 0.607 bits per heavy atom. The van der Waals surface area contributed by atoms with E-state index >= 15 is 0 Å². The number of carbonyl (C=O) groups is 9. The molecule has 7 aromatic carbocycles. The van der Waals surface area contributed by atoms with E-state index in [2.05, 4.69) is 45.5 Å². The number of aryl methyl sites for hydroxylation is 1. The molecule has 0 spiro atoms. The summed E-state index contributed by atoms with van der Waals surface area (Å²) in [6.45, 7) is 41.8. The molecule has 34 heteroatoms. The first-order valence-electron chi connectivity index (χ1n) is 50.7. The van der Waals surface area contributed by atoms with E-state index < -0.39 is 21.7 Å². The number of Topliss-reactive ketones (excluding diaryl/α,β-unsaturated/α-hetero) is 9. The van der Waals surface area contributed by atoms with Gasteiger partial charge in [0.25, 0.3) is 0 Å². The fraction of sp³-hybridized carbons (Fsp3) is 0.440. The number of carbonyl (C=O) groups excluding carboxylic acids is 9. The number of hydrogen-bond acceptors (Lipinski definition) is 27. The Morgan fingerprint density at radius 1 is 0.313 bits per heavy atom. The molecule has 14 rings (SSSR count). The van der Waals surface area contributed by atoms with Crippen LogP contribution in [0.2, 0.25) is 0 Å². The van der Waals surface area contributed by atoms with Gasteiger partial charge in [-0.3, -0.25) is 43.2 Å². The number of aromatic amines is 5. The summed E-state index contributed by atoms with van der Waals surface area (Å²) in [6.07, 6.45) is 5.06. The minimum absolute atomic E-state index is 0.0400. The number of aromatic nitrogens is 11. The van der Waals surface area contributed by atoms with E-state index in [0.29, 0.717) is 222 Å². The molecule has 14 aromatic rings. The van der Waals surface area contributed by atoms with Gasteiger partial charge in [-0.1, -0.05) is 162 Å². The second-order valence-electron chi connectivity index (χ2n) is 41.5. The molecule has 0 aliphatic rings. The molecule has 0 saturated carbocycles. The lowest BCUT2D eigenvalue weighted by Crippen LogP contribution is -2.20. The van der Waals surface area contributed by atoms with Gasteiger partial charge in [-0.2, -0.15) is 0 Å². The summed E-state index contributed by atoms with van der Waals surface area (Å²) in [5.74, 6) is 1.84. The number of nitrogen functional groups attached to an aromatic ring is 1. The molecule has 0 fully saturated rings.